The van der Waals surface area contributed by atoms with E-state index in [1.807, 2.05) is 38.2 Å². The molecule has 0 amide bonds. The van der Waals surface area contributed by atoms with Crippen molar-refractivity contribution < 1.29 is 15.0 Å². The summed E-state index contributed by atoms with van der Waals surface area (Å²) in [7, 11) is 0. The molecule has 8 nitrogen and oxygen atoms in total. The van der Waals surface area contributed by atoms with Crippen LogP contribution in [0.1, 0.15) is 68.7 Å². The summed E-state index contributed by atoms with van der Waals surface area (Å²) in [5.41, 5.74) is 4.79. The number of nitrogens with zero attached hydrogens (tertiary/aromatic N) is 5. The van der Waals surface area contributed by atoms with Crippen molar-refractivity contribution in [2.45, 2.75) is 57.4 Å². The van der Waals surface area contributed by atoms with Gasteiger partial charge in [-0.2, -0.15) is 0 Å². The van der Waals surface area contributed by atoms with E-state index in [1.54, 1.807) is 12.1 Å². The maximum absolute atomic E-state index is 11.6. The van der Waals surface area contributed by atoms with Gasteiger partial charge < -0.3 is 10.2 Å². The fourth-order valence-electron chi connectivity index (χ4n) is 6.20. The molecule has 2 fully saturated rings. The molecule has 6 rings (SSSR count). The summed E-state index contributed by atoms with van der Waals surface area (Å²) in [6.07, 6.45) is 6.29. The van der Waals surface area contributed by atoms with E-state index in [0.29, 0.717) is 28.5 Å². The number of aromatic nitrogens is 5. The molecule has 2 aliphatic carbocycles. The van der Waals surface area contributed by atoms with Gasteiger partial charge in [-0.15, -0.1) is 15.3 Å². The van der Waals surface area contributed by atoms with Crippen LogP contribution in [-0.4, -0.2) is 41.4 Å². The third kappa shape index (κ3) is 3.81. The highest BCUT2D eigenvalue weighted by Crippen LogP contribution is 2.66. The topological polar surface area (TPSA) is 114 Å². The van der Waals surface area contributed by atoms with Crippen molar-refractivity contribution >= 4 is 16.9 Å². The number of phenols is 1. The second kappa shape index (κ2) is 8.40. The van der Waals surface area contributed by atoms with Gasteiger partial charge in [-0.3, -0.25) is 0 Å². The zero-order valence-electron chi connectivity index (χ0n) is 20.4. The van der Waals surface area contributed by atoms with Gasteiger partial charge in [0.1, 0.15) is 5.75 Å². The van der Waals surface area contributed by atoms with Crippen molar-refractivity contribution in [3.8, 4) is 17.0 Å². The van der Waals surface area contributed by atoms with E-state index < -0.39 is 12.0 Å². The summed E-state index contributed by atoms with van der Waals surface area (Å²) < 4.78 is 1.51. The Bertz CT molecular complexity index is 1450. The highest BCUT2D eigenvalue weighted by atomic mass is 16.4. The van der Waals surface area contributed by atoms with E-state index in [2.05, 4.69) is 38.7 Å². The minimum absolute atomic E-state index is 0.0547. The molecule has 2 aromatic carbocycles. The molecule has 2 heterocycles. The van der Waals surface area contributed by atoms with E-state index in [-0.39, 0.29) is 11.7 Å². The number of hydrogen-bond donors (Lipinski definition) is 2. The van der Waals surface area contributed by atoms with Gasteiger partial charge in [0.05, 0.1) is 16.9 Å². The summed E-state index contributed by atoms with van der Waals surface area (Å²) >= 11 is 0. The molecule has 4 aromatic rings. The molecule has 0 aliphatic heterocycles. The standard InChI is InChI=1S/C28H29N5O3/c1-16(2)26(27(35)36)33-15-24(31-32-33)20-13-28(14-20)11-19(12-28)17-7-8-18-10-23(30-29-22(18)9-17)21-5-3-4-6-25(21)34/h3-10,15-16,19-20,26,34H,11-14H2,1-2H3,(H,35,36)/t19?,20?,26-,28?/m0/s1. The Hall–Kier alpha value is -3.81. The lowest BCUT2D eigenvalue weighted by Gasteiger charge is -2.57. The number of fused-ring (bicyclic) bond motifs is 1. The maximum Gasteiger partial charge on any atom is 0.328 e. The predicted octanol–water partition coefficient (Wildman–Crippen LogP) is 5.32. The van der Waals surface area contributed by atoms with Gasteiger partial charge in [0.2, 0.25) is 0 Å². The fraction of sp³-hybridized carbons (Fsp3) is 0.393. The molecule has 2 aliphatic rings. The van der Waals surface area contributed by atoms with Gasteiger partial charge in [0.15, 0.2) is 6.04 Å². The number of carboxylic acid groups (broad SMARTS) is 1. The monoisotopic (exact) mass is 483 g/mol. The van der Waals surface area contributed by atoms with Crippen LogP contribution < -0.4 is 0 Å². The molecule has 0 radical (unpaired) electrons. The molecule has 0 unspecified atom stereocenters. The first-order chi connectivity index (χ1) is 17.3. The quantitative estimate of drug-likeness (QED) is 0.382. The largest absolute Gasteiger partial charge is 0.507 e. The summed E-state index contributed by atoms with van der Waals surface area (Å²) in [4.78, 5) is 11.6. The summed E-state index contributed by atoms with van der Waals surface area (Å²) in [6.45, 7) is 3.77. The number of carboxylic acids is 1. The molecular formula is C28H29N5O3. The molecule has 1 spiro atoms. The van der Waals surface area contributed by atoms with E-state index in [9.17, 15) is 15.0 Å². The molecule has 8 heteroatoms. The second-order valence-electron chi connectivity index (χ2n) is 10.9. The number of phenolic OH excluding ortho intramolecular Hbond substituents is 1. The molecule has 0 bridgehead atoms. The SMILES string of the molecule is CC(C)[C@@H](C(=O)O)n1cc(C2CC3(CC(c4ccc5cc(-c6ccccc6O)nnc5c4)C3)C2)nn1. The minimum Gasteiger partial charge on any atom is -0.507 e. The van der Waals surface area contributed by atoms with Crippen LogP contribution in [0.25, 0.3) is 22.2 Å². The van der Waals surface area contributed by atoms with Gasteiger partial charge >= 0.3 is 5.97 Å². The van der Waals surface area contributed by atoms with Crippen molar-refractivity contribution in [3.05, 3.63) is 66.0 Å². The Morgan fingerprint density at radius 3 is 2.47 bits per heavy atom. The highest BCUT2D eigenvalue weighted by molar-refractivity contribution is 5.83. The summed E-state index contributed by atoms with van der Waals surface area (Å²) in [6, 6.07) is 14.9. The van der Waals surface area contributed by atoms with Crippen LogP contribution >= 0.6 is 0 Å². The van der Waals surface area contributed by atoms with Crippen molar-refractivity contribution in [1.82, 2.24) is 25.2 Å². The second-order valence-corrected chi connectivity index (χ2v) is 10.9. The molecule has 2 aromatic heterocycles. The lowest BCUT2D eigenvalue weighted by atomic mass is 9.47. The zero-order valence-corrected chi connectivity index (χ0v) is 20.4. The fourth-order valence-corrected chi connectivity index (χ4v) is 6.20. The van der Waals surface area contributed by atoms with Crippen molar-refractivity contribution in [2.75, 3.05) is 0 Å². The summed E-state index contributed by atoms with van der Waals surface area (Å²) in [5, 5.41) is 37.9. The molecule has 0 saturated heterocycles. The van der Waals surface area contributed by atoms with Crippen LogP contribution in [0.5, 0.6) is 5.75 Å². The average Bonchev–Trinajstić information content (AvgIpc) is 3.25. The van der Waals surface area contributed by atoms with Crippen LogP contribution in [0, 0.1) is 11.3 Å². The van der Waals surface area contributed by atoms with Crippen LogP contribution in [0.15, 0.2) is 54.7 Å². The number of para-hydroxylation sites is 1. The first-order valence-corrected chi connectivity index (χ1v) is 12.5. The van der Waals surface area contributed by atoms with Gasteiger partial charge in [-0.1, -0.05) is 43.3 Å². The number of aromatic hydroxyl groups is 1. The van der Waals surface area contributed by atoms with Gasteiger partial charge in [-0.05, 0) is 72.8 Å². The van der Waals surface area contributed by atoms with Crippen LogP contribution in [0.2, 0.25) is 0 Å². The minimum atomic E-state index is -0.872. The number of carbonyl (C=O) groups is 1. The van der Waals surface area contributed by atoms with Crippen LogP contribution in [-0.2, 0) is 4.79 Å². The van der Waals surface area contributed by atoms with Gasteiger partial charge in [0.25, 0.3) is 0 Å². The third-order valence-electron chi connectivity index (χ3n) is 8.10. The zero-order chi connectivity index (χ0) is 25.0. The van der Waals surface area contributed by atoms with Crippen LogP contribution in [0.4, 0.5) is 0 Å². The van der Waals surface area contributed by atoms with E-state index in [0.717, 1.165) is 42.3 Å². The van der Waals surface area contributed by atoms with Crippen molar-refractivity contribution in [1.29, 1.82) is 0 Å². The Balaban J connectivity index is 1.11. The molecule has 1 atom stereocenters. The Morgan fingerprint density at radius 2 is 1.75 bits per heavy atom. The number of benzene rings is 2. The molecule has 2 saturated carbocycles. The Kier molecular flexibility index (Phi) is 5.28. The molecular weight excluding hydrogens is 454 g/mol. The maximum atomic E-state index is 11.6. The first kappa shape index (κ1) is 22.6. The Morgan fingerprint density at radius 1 is 1.00 bits per heavy atom. The van der Waals surface area contributed by atoms with Crippen molar-refractivity contribution in [2.24, 2.45) is 11.3 Å². The molecule has 2 N–H and O–H groups in total. The number of hydrogen-bond acceptors (Lipinski definition) is 6. The van der Waals surface area contributed by atoms with E-state index >= 15 is 0 Å². The predicted molar refractivity (Wildman–Crippen MR) is 135 cm³/mol. The lowest BCUT2D eigenvalue weighted by Crippen LogP contribution is -2.45. The van der Waals surface area contributed by atoms with Gasteiger partial charge in [-0.25, -0.2) is 9.48 Å². The van der Waals surface area contributed by atoms with Crippen LogP contribution in [0.3, 0.4) is 0 Å². The first-order valence-electron chi connectivity index (χ1n) is 12.5. The van der Waals surface area contributed by atoms with Gasteiger partial charge in [0, 0.05) is 23.1 Å². The summed E-state index contributed by atoms with van der Waals surface area (Å²) in [5.74, 6) is 0.147. The van der Waals surface area contributed by atoms with E-state index in [1.165, 1.54) is 10.2 Å². The number of aliphatic carboxylic acids is 1. The number of rotatable bonds is 6. The molecule has 36 heavy (non-hydrogen) atoms. The normalized spacial score (nSPS) is 24.0. The average molecular weight is 484 g/mol. The smallest absolute Gasteiger partial charge is 0.328 e. The third-order valence-corrected chi connectivity index (χ3v) is 8.10. The molecule has 184 valence electrons. The lowest BCUT2D eigenvalue weighted by molar-refractivity contribution is -0.142. The highest BCUT2D eigenvalue weighted by Gasteiger charge is 2.54. The Labute approximate surface area is 209 Å². The van der Waals surface area contributed by atoms with Crippen molar-refractivity contribution in [3.63, 3.8) is 0 Å². The van der Waals surface area contributed by atoms with E-state index in [4.69, 9.17) is 0 Å².